The van der Waals surface area contributed by atoms with Crippen LogP contribution in [0.4, 0.5) is 0 Å². The summed E-state index contributed by atoms with van der Waals surface area (Å²) in [5.74, 6) is 0. The number of hydrogen-bond acceptors (Lipinski definition) is 5. The molecule has 0 spiro atoms. The van der Waals surface area contributed by atoms with E-state index in [-0.39, 0.29) is 0 Å². The molecule has 11 heteroatoms. The Morgan fingerprint density at radius 2 is 0.844 bits per heavy atom. The lowest BCUT2D eigenvalue weighted by molar-refractivity contribution is 0.204. The minimum atomic E-state index is -3.34. The molecule has 1 unspecified atom stereocenters. The van der Waals surface area contributed by atoms with Crippen molar-refractivity contribution >= 4 is 63.4 Å². The molecule has 0 saturated carbocycles. The van der Waals surface area contributed by atoms with Crippen molar-refractivity contribution in [2.24, 2.45) is 0 Å². The van der Waals surface area contributed by atoms with Gasteiger partial charge >= 0.3 is 17.6 Å². The fourth-order valence-corrected chi connectivity index (χ4v) is 23.4. The molecule has 2 rings (SSSR count). The van der Waals surface area contributed by atoms with Crippen LogP contribution in [-0.2, 0) is 20.6 Å². The van der Waals surface area contributed by atoms with Crippen LogP contribution in [0.2, 0.25) is 58.9 Å². The van der Waals surface area contributed by atoms with Crippen LogP contribution >= 0.6 is 0 Å². The summed E-state index contributed by atoms with van der Waals surface area (Å²) in [6, 6.07) is 20.4. The average Bonchev–Trinajstić information content (AvgIpc) is 2.66. The van der Waals surface area contributed by atoms with Gasteiger partial charge in [0.1, 0.15) is 0 Å². The monoisotopic (exact) mass is 540 g/mol. The Morgan fingerprint density at radius 3 is 1.19 bits per heavy atom. The van der Waals surface area contributed by atoms with Crippen LogP contribution in [0.1, 0.15) is 0 Å². The lowest BCUT2D eigenvalue weighted by Crippen LogP contribution is -2.72. The Hall–Kier alpha value is -0.459. The summed E-state index contributed by atoms with van der Waals surface area (Å²) in [4.78, 5) is 0. The van der Waals surface area contributed by atoms with Crippen LogP contribution in [0.25, 0.3) is 0 Å². The molecule has 0 saturated heterocycles. The van der Waals surface area contributed by atoms with Gasteiger partial charge in [0.05, 0.1) is 0 Å². The molecule has 2 aromatic rings. The van der Waals surface area contributed by atoms with Gasteiger partial charge in [0.2, 0.25) is 0 Å². The molecule has 0 amide bonds. The van der Waals surface area contributed by atoms with Gasteiger partial charge in [0.15, 0.2) is 35.4 Å². The van der Waals surface area contributed by atoms with Crippen molar-refractivity contribution in [1.82, 2.24) is 0 Å². The van der Waals surface area contributed by atoms with E-state index in [1.54, 1.807) is 0 Å². The SMILES string of the molecule is C[SiH](C)O[Si](O[SiH](C)C)(O[Si](O[SiH](C)C)(O[Si](C)(C)C)c1ccccc1)c1ccccc1. The Kier molecular flexibility index (Phi) is 10.2. The van der Waals surface area contributed by atoms with E-state index in [9.17, 15) is 0 Å². The van der Waals surface area contributed by atoms with Gasteiger partial charge in [-0.25, -0.2) is 0 Å². The van der Waals surface area contributed by atoms with E-state index in [2.05, 4.69) is 83.2 Å². The molecule has 178 valence electrons. The molecule has 32 heavy (non-hydrogen) atoms. The van der Waals surface area contributed by atoms with Crippen LogP contribution in [0.3, 0.4) is 0 Å². The van der Waals surface area contributed by atoms with Gasteiger partial charge in [-0.05, 0) is 58.9 Å². The van der Waals surface area contributed by atoms with Crippen molar-refractivity contribution in [3.8, 4) is 0 Å². The summed E-state index contributed by atoms with van der Waals surface area (Å²) in [6.45, 7) is 19.6. The maximum Gasteiger partial charge on any atom is 0.508 e. The van der Waals surface area contributed by atoms with Crippen LogP contribution in [-0.4, -0.2) is 53.0 Å². The van der Waals surface area contributed by atoms with E-state index in [0.717, 1.165) is 10.4 Å². The molecular weight excluding hydrogens is 501 g/mol. The highest BCUT2D eigenvalue weighted by Crippen LogP contribution is 2.26. The summed E-state index contributed by atoms with van der Waals surface area (Å²) in [5.41, 5.74) is 0. The van der Waals surface area contributed by atoms with Gasteiger partial charge in [-0.3, -0.25) is 0 Å². The van der Waals surface area contributed by atoms with E-state index < -0.39 is 53.0 Å². The minimum absolute atomic E-state index is 0.986. The second-order valence-corrected chi connectivity index (χ2v) is 28.0. The molecule has 1 atom stereocenters. The van der Waals surface area contributed by atoms with Crippen LogP contribution < -0.4 is 10.4 Å². The average molecular weight is 541 g/mol. The van der Waals surface area contributed by atoms with Gasteiger partial charge in [0, 0.05) is 10.4 Å². The Bertz CT molecular complexity index is 806. The standard InChI is InChI=1S/C21H40O5Si6/c1-27(2)22-31(23-28(3)4,20-16-12-10-13-17-20)26-32(24-29(5)6,25-30(7,8)9)21-18-14-11-15-19-21/h10-19,27-29H,1-9H3. The highest BCUT2D eigenvalue weighted by molar-refractivity contribution is 6.97. The van der Waals surface area contributed by atoms with Crippen molar-refractivity contribution in [2.45, 2.75) is 58.9 Å². The van der Waals surface area contributed by atoms with Gasteiger partial charge in [-0.2, -0.15) is 0 Å². The van der Waals surface area contributed by atoms with Crippen molar-refractivity contribution in [3.63, 3.8) is 0 Å². The zero-order valence-electron chi connectivity index (χ0n) is 21.0. The normalized spacial score (nSPS) is 14.9. The Morgan fingerprint density at radius 1 is 0.500 bits per heavy atom. The quantitative estimate of drug-likeness (QED) is 0.385. The number of benzene rings is 2. The van der Waals surface area contributed by atoms with E-state index in [1.807, 2.05) is 36.4 Å². The lowest BCUT2D eigenvalue weighted by atomic mass is 10.4. The first-order valence-electron chi connectivity index (χ1n) is 11.4. The van der Waals surface area contributed by atoms with E-state index in [0.29, 0.717) is 0 Å². The maximum atomic E-state index is 7.23. The number of rotatable bonds is 12. The highest BCUT2D eigenvalue weighted by atomic mass is 28.5. The second-order valence-electron chi connectivity index (χ2n) is 9.66. The summed E-state index contributed by atoms with van der Waals surface area (Å²) >= 11 is 0. The summed E-state index contributed by atoms with van der Waals surface area (Å²) in [7, 11) is -13.3. The largest absolute Gasteiger partial charge is 0.508 e. The van der Waals surface area contributed by atoms with Gasteiger partial charge < -0.3 is 20.6 Å². The molecule has 0 aliphatic rings. The maximum absolute atomic E-state index is 7.23. The third kappa shape index (κ3) is 8.09. The van der Waals surface area contributed by atoms with E-state index in [4.69, 9.17) is 20.6 Å². The second kappa shape index (κ2) is 11.8. The molecule has 0 N–H and O–H groups in total. The Labute approximate surface area is 203 Å². The van der Waals surface area contributed by atoms with E-state index >= 15 is 0 Å². The van der Waals surface area contributed by atoms with Crippen molar-refractivity contribution in [2.75, 3.05) is 0 Å². The van der Waals surface area contributed by atoms with Crippen molar-refractivity contribution < 1.29 is 20.6 Å². The Balaban J connectivity index is 2.77. The predicted molar refractivity (Wildman–Crippen MR) is 149 cm³/mol. The van der Waals surface area contributed by atoms with Crippen LogP contribution in [0.5, 0.6) is 0 Å². The first-order valence-corrected chi connectivity index (χ1v) is 26.6. The summed E-state index contributed by atoms with van der Waals surface area (Å²) < 4.78 is 34.5. The summed E-state index contributed by atoms with van der Waals surface area (Å²) in [6.07, 6.45) is 0. The van der Waals surface area contributed by atoms with Crippen molar-refractivity contribution in [1.29, 1.82) is 0 Å². The molecule has 0 bridgehead atoms. The molecule has 0 aliphatic carbocycles. The topological polar surface area (TPSA) is 46.2 Å². The third-order valence-electron chi connectivity index (χ3n) is 4.14. The molecule has 0 aromatic heterocycles. The zero-order valence-corrected chi connectivity index (χ0v) is 27.5. The fraction of sp³-hybridized carbons (Fsp3) is 0.429. The molecule has 5 nitrogen and oxygen atoms in total. The molecule has 0 radical (unpaired) electrons. The van der Waals surface area contributed by atoms with Gasteiger partial charge in [0.25, 0.3) is 0 Å². The molecule has 0 aliphatic heterocycles. The molecule has 2 aromatic carbocycles. The fourth-order valence-electron chi connectivity index (χ4n) is 3.32. The van der Waals surface area contributed by atoms with E-state index in [1.165, 1.54) is 0 Å². The van der Waals surface area contributed by atoms with Crippen molar-refractivity contribution in [3.05, 3.63) is 60.7 Å². The lowest BCUT2D eigenvalue weighted by Gasteiger charge is -2.43. The summed E-state index contributed by atoms with van der Waals surface area (Å²) in [5, 5.41) is 1.97. The highest BCUT2D eigenvalue weighted by Gasteiger charge is 2.58. The number of hydrogen-bond donors (Lipinski definition) is 0. The first kappa shape index (κ1) is 27.8. The van der Waals surface area contributed by atoms with Crippen LogP contribution in [0, 0.1) is 0 Å². The smallest absolute Gasteiger partial charge is 0.416 e. The van der Waals surface area contributed by atoms with Gasteiger partial charge in [-0.1, -0.05) is 60.7 Å². The third-order valence-corrected chi connectivity index (χ3v) is 21.3. The van der Waals surface area contributed by atoms with Crippen LogP contribution in [0.15, 0.2) is 60.7 Å². The first-order chi connectivity index (χ1) is 14.9. The molecular formula is C21H40O5Si6. The molecule has 0 fully saturated rings. The minimum Gasteiger partial charge on any atom is -0.416 e. The zero-order chi connectivity index (χ0) is 24.0. The van der Waals surface area contributed by atoms with Gasteiger partial charge in [-0.15, -0.1) is 0 Å². The predicted octanol–water partition coefficient (Wildman–Crippen LogP) is 3.55. The molecule has 0 heterocycles.